The first kappa shape index (κ1) is 14.9. The molecule has 1 fully saturated rings. The average Bonchev–Trinajstić information content (AvgIpc) is 3.07. The zero-order chi connectivity index (χ0) is 16.2. The largest absolute Gasteiger partial charge is 0.392 e. The molecule has 4 rings (SSSR count). The Bertz CT molecular complexity index is 802. The highest BCUT2D eigenvalue weighted by Crippen LogP contribution is 2.18. The molecule has 0 spiro atoms. The highest BCUT2D eigenvalue weighted by atomic mass is 16.6. The Hall–Kier alpha value is -2.66. The lowest BCUT2D eigenvalue weighted by Gasteiger charge is -2.21. The monoisotopic (exact) mass is 320 g/mol. The zero-order valence-electron chi connectivity index (χ0n) is 13.4. The lowest BCUT2D eigenvalue weighted by molar-refractivity contribution is 0.0379. The number of nitrogens with one attached hydrogen (secondary N) is 2. The van der Waals surface area contributed by atoms with Crippen LogP contribution in [-0.4, -0.2) is 34.9 Å². The molecule has 0 saturated carbocycles. The summed E-state index contributed by atoms with van der Waals surface area (Å²) in [5.41, 5.74) is 3.80. The van der Waals surface area contributed by atoms with Crippen LogP contribution in [-0.2, 0) is 4.84 Å². The van der Waals surface area contributed by atoms with Gasteiger partial charge in [-0.15, -0.1) is 0 Å². The molecule has 0 radical (unpaired) electrons. The first-order valence-electron chi connectivity index (χ1n) is 8.33. The van der Waals surface area contributed by atoms with Crippen molar-refractivity contribution in [2.45, 2.75) is 18.9 Å². The van der Waals surface area contributed by atoms with E-state index in [-0.39, 0.29) is 6.10 Å². The maximum absolute atomic E-state index is 5.86. The summed E-state index contributed by atoms with van der Waals surface area (Å²) in [6.45, 7) is 1.97. The fourth-order valence-electron chi connectivity index (χ4n) is 2.98. The zero-order valence-corrected chi connectivity index (χ0v) is 13.4. The normalized spacial score (nSPS) is 16.4. The molecular formula is C19H20N4O. The van der Waals surface area contributed by atoms with E-state index in [2.05, 4.69) is 26.5 Å². The van der Waals surface area contributed by atoms with Gasteiger partial charge in [-0.1, -0.05) is 35.5 Å². The molecule has 3 heterocycles. The average molecular weight is 320 g/mol. The molecule has 1 aliphatic rings. The van der Waals surface area contributed by atoms with E-state index < -0.39 is 0 Å². The molecule has 2 N–H and O–H groups in total. The Morgan fingerprint density at radius 1 is 1.12 bits per heavy atom. The number of hydrogen-bond acceptors (Lipinski definition) is 4. The van der Waals surface area contributed by atoms with Gasteiger partial charge < -0.3 is 15.1 Å². The van der Waals surface area contributed by atoms with Gasteiger partial charge in [0.2, 0.25) is 0 Å². The molecule has 5 nitrogen and oxygen atoms in total. The summed E-state index contributed by atoms with van der Waals surface area (Å²) in [4.78, 5) is 13.4. The molecule has 1 aromatic carbocycles. The van der Waals surface area contributed by atoms with Crippen LogP contribution >= 0.6 is 0 Å². The molecule has 0 bridgehead atoms. The second-order valence-electron chi connectivity index (χ2n) is 6.01. The van der Waals surface area contributed by atoms with Gasteiger partial charge in [-0.2, -0.15) is 0 Å². The molecule has 0 amide bonds. The van der Waals surface area contributed by atoms with Crippen LogP contribution < -0.4 is 5.32 Å². The van der Waals surface area contributed by atoms with Gasteiger partial charge in [0.1, 0.15) is 11.8 Å². The number of oxime groups is 1. The summed E-state index contributed by atoms with van der Waals surface area (Å²) < 4.78 is 0. The fourth-order valence-corrected chi connectivity index (χ4v) is 2.98. The second kappa shape index (κ2) is 6.84. The van der Waals surface area contributed by atoms with E-state index in [0.29, 0.717) is 0 Å². The third-order valence-corrected chi connectivity index (χ3v) is 4.31. The molecule has 24 heavy (non-hydrogen) atoms. The predicted molar refractivity (Wildman–Crippen MR) is 95.2 cm³/mol. The van der Waals surface area contributed by atoms with Crippen molar-refractivity contribution in [3.63, 3.8) is 0 Å². The number of H-pyrrole nitrogens is 1. The van der Waals surface area contributed by atoms with Crippen molar-refractivity contribution in [2.75, 3.05) is 13.1 Å². The molecule has 1 aliphatic heterocycles. The molecule has 122 valence electrons. The topological polar surface area (TPSA) is 62.3 Å². The number of piperidine rings is 1. The molecule has 1 saturated heterocycles. The van der Waals surface area contributed by atoms with E-state index in [1.165, 1.54) is 0 Å². The van der Waals surface area contributed by atoms with Gasteiger partial charge in [0.25, 0.3) is 0 Å². The number of aromatic amines is 1. The minimum atomic E-state index is 0.177. The van der Waals surface area contributed by atoms with Gasteiger partial charge >= 0.3 is 0 Å². The second-order valence-corrected chi connectivity index (χ2v) is 6.01. The predicted octanol–water partition coefficient (Wildman–Crippen LogP) is 3.08. The van der Waals surface area contributed by atoms with Crippen molar-refractivity contribution < 1.29 is 4.84 Å². The highest BCUT2D eigenvalue weighted by Gasteiger charge is 2.16. The molecule has 0 unspecified atom stereocenters. The number of fused-ring (bicyclic) bond motifs is 1. The van der Waals surface area contributed by atoms with Gasteiger partial charge in [-0.05, 0) is 38.1 Å². The Morgan fingerprint density at radius 2 is 1.96 bits per heavy atom. The van der Waals surface area contributed by atoms with Crippen molar-refractivity contribution in [1.82, 2.24) is 15.3 Å². The quantitative estimate of drug-likeness (QED) is 0.573. The Morgan fingerprint density at radius 3 is 2.75 bits per heavy atom. The summed E-state index contributed by atoms with van der Waals surface area (Å²) >= 11 is 0. The van der Waals surface area contributed by atoms with Crippen LogP contribution in [0, 0.1) is 0 Å². The molecule has 0 atom stereocenters. The maximum Gasteiger partial charge on any atom is 0.133 e. The molecule has 3 aromatic rings. The lowest BCUT2D eigenvalue weighted by atomic mass is 10.1. The van der Waals surface area contributed by atoms with Crippen LogP contribution in [0.15, 0.2) is 60.0 Å². The van der Waals surface area contributed by atoms with Crippen LogP contribution in [0.25, 0.3) is 10.9 Å². The molecule has 0 aliphatic carbocycles. The van der Waals surface area contributed by atoms with Gasteiger partial charge in [-0.3, -0.25) is 4.98 Å². The van der Waals surface area contributed by atoms with Gasteiger partial charge in [0.15, 0.2) is 0 Å². The maximum atomic E-state index is 5.86. The lowest BCUT2D eigenvalue weighted by Crippen LogP contribution is -2.31. The molecule has 5 heteroatoms. The van der Waals surface area contributed by atoms with Crippen LogP contribution in [0.3, 0.4) is 0 Å². The number of rotatable bonds is 4. The number of nitrogens with zero attached hydrogens (tertiary/aromatic N) is 2. The summed E-state index contributed by atoms with van der Waals surface area (Å²) in [6.07, 6.45) is 5.78. The van der Waals surface area contributed by atoms with E-state index in [4.69, 9.17) is 4.84 Å². The van der Waals surface area contributed by atoms with Crippen molar-refractivity contribution in [1.29, 1.82) is 0 Å². The minimum absolute atomic E-state index is 0.177. The van der Waals surface area contributed by atoms with Crippen molar-refractivity contribution in [3.05, 3.63) is 66.1 Å². The van der Waals surface area contributed by atoms with E-state index in [9.17, 15) is 0 Å². The first-order valence-corrected chi connectivity index (χ1v) is 8.33. The van der Waals surface area contributed by atoms with Crippen LogP contribution in [0.1, 0.15) is 24.1 Å². The van der Waals surface area contributed by atoms with E-state index >= 15 is 0 Å². The summed E-state index contributed by atoms with van der Waals surface area (Å²) in [7, 11) is 0. The van der Waals surface area contributed by atoms with E-state index in [1.54, 1.807) is 6.20 Å². The number of pyridine rings is 1. The summed E-state index contributed by atoms with van der Waals surface area (Å²) in [5.74, 6) is 0. The van der Waals surface area contributed by atoms with E-state index in [0.717, 1.165) is 53.8 Å². The first-order chi connectivity index (χ1) is 11.9. The van der Waals surface area contributed by atoms with Gasteiger partial charge in [-0.25, -0.2) is 0 Å². The van der Waals surface area contributed by atoms with Crippen LogP contribution in [0.2, 0.25) is 0 Å². The van der Waals surface area contributed by atoms with Gasteiger partial charge in [0.05, 0.1) is 17.4 Å². The van der Waals surface area contributed by atoms with E-state index in [1.807, 2.05) is 42.6 Å². The van der Waals surface area contributed by atoms with Gasteiger partial charge in [0, 0.05) is 17.1 Å². The van der Waals surface area contributed by atoms with Crippen molar-refractivity contribution >= 4 is 16.6 Å². The Labute approximate surface area is 140 Å². The Kier molecular flexibility index (Phi) is 4.25. The summed E-state index contributed by atoms with van der Waals surface area (Å²) in [5, 5.41) is 8.98. The third kappa shape index (κ3) is 3.16. The molecule has 2 aromatic heterocycles. The third-order valence-electron chi connectivity index (χ3n) is 4.31. The number of benzene rings is 1. The smallest absolute Gasteiger partial charge is 0.133 e. The number of hydrogen-bond donors (Lipinski definition) is 2. The van der Waals surface area contributed by atoms with Crippen molar-refractivity contribution in [2.24, 2.45) is 5.16 Å². The highest BCUT2D eigenvalue weighted by molar-refractivity contribution is 6.13. The van der Waals surface area contributed by atoms with Crippen LogP contribution in [0.4, 0.5) is 0 Å². The van der Waals surface area contributed by atoms with Crippen LogP contribution in [0.5, 0.6) is 0 Å². The summed E-state index contributed by atoms with van der Waals surface area (Å²) in [6, 6.07) is 14.2. The number of aromatic nitrogens is 2. The minimum Gasteiger partial charge on any atom is -0.392 e. The SMILES string of the molecule is c1ccc(/C(=N\OC2CCNCC2)c2cc3ccncc3[nH]2)cc1. The van der Waals surface area contributed by atoms with Crippen molar-refractivity contribution in [3.8, 4) is 0 Å². The molecular weight excluding hydrogens is 300 g/mol. The Balaban J connectivity index is 1.69. The standard InChI is InChI=1S/C19H20N4O/c1-2-4-14(5-3-1)19(23-24-16-7-10-20-11-8-16)17-12-15-6-9-21-13-18(15)22-17/h1-6,9,12-13,16,20,22H,7-8,10-11H2/b23-19+. The fraction of sp³-hybridized carbons (Fsp3) is 0.263.